The summed E-state index contributed by atoms with van der Waals surface area (Å²) in [5.74, 6) is -0.935. The monoisotopic (exact) mass is 643 g/mol. The predicted octanol–water partition coefficient (Wildman–Crippen LogP) is 8.36. The van der Waals surface area contributed by atoms with Gasteiger partial charge in [0.2, 0.25) is 10.0 Å². The summed E-state index contributed by atoms with van der Waals surface area (Å²) in [5, 5.41) is 6.60. The maximum absolute atomic E-state index is 13.9. The lowest BCUT2D eigenvalue weighted by atomic mass is 9.95. The number of benzene rings is 4. The standard InChI is InChI=1S/C36H35F2N3O4S/c1-7-21(2)34(40-30-16-15-27(38)17-22(30)3)25-10-8-9-24(18-25)28-19-29-32(20-31(28)41(5)46(6,43)44)45-35(33(29)36(42)39-4)23-11-13-26(37)14-12-23/h8-20,40H,7H2,1-6H3,(H,39,42)/b34-21+. The lowest BCUT2D eigenvalue weighted by Crippen LogP contribution is -2.25. The number of carbonyl (C=O) groups is 1. The first-order valence-corrected chi connectivity index (χ1v) is 16.5. The number of anilines is 2. The SMILES string of the molecule is CC/C(C)=C(/Nc1ccc(F)cc1C)c1cccc(-c2cc3c(C(=O)NC)c(-c4ccc(F)cc4)oc3cc2N(C)S(C)(=O)=O)c1. The van der Waals surface area contributed by atoms with E-state index < -0.39 is 21.7 Å². The highest BCUT2D eigenvalue weighted by Crippen LogP contribution is 2.42. The second kappa shape index (κ2) is 12.8. The zero-order valence-corrected chi connectivity index (χ0v) is 27.3. The molecule has 7 nitrogen and oxygen atoms in total. The highest BCUT2D eigenvalue weighted by Gasteiger charge is 2.26. The van der Waals surface area contributed by atoms with Crippen LogP contribution in [0, 0.1) is 18.6 Å². The number of furan rings is 1. The van der Waals surface area contributed by atoms with Gasteiger partial charge < -0.3 is 15.1 Å². The fourth-order valence-corrected chi connectivity index (χ4v) is 5.81. The van der Waals surface area contributed by atoms with Crippen molar-refractivity contribution in [2.75, 3.05) is 30.0 Å². The molecule has 0 radical (unpaired) electrons. The Kier molecular flexibility index (Phi) is 9.03. The van der Waals surface area contributed by atoms with Gasteiger partial charge in [0, 0.05) is 48.1 Å². The molecule has 0 saturated carbocycles. The van der Waals surface area contributed by atoms with Crippen LogP contribution in [-0.4, -0.2) is 34.7 Å². The number of aryl methyl sites for hydroxylation is 1. The zero-order chi connectivity index (χ0) is 33.3. The first-order chi connectivity index (χ1) is 21.8. The van der Waals surface area contributed by atoms with Crippen LogP contribution in [0.2, 0.25) is 0 Å². The Morgan fingerprint density at radius 3 is 2.26 bits per heavy atom. The zero-order valence-electron chi connectivity index (χ0n) is 26.5. The fraction of sp³-hybridized carbons (Fsp3) is 0.194. The molecule has 0 aliphatic carbocycles. The quantitative estimate of drug-likeness (QED) is 0.168. The van der Waals surface area contributed by atoms with Crippen LogP contribution < -0.4 is 14.9 Å². The Morgan fingerprint density at radius 1 is 0.935 bits per heavy atom. The van der Waals surface area contributed by atoms with Gasteiger partial charge in [0.15, 0.2) is 0 Å². The number of halogens is 2. The molecule has 4 aromatic carbocycles. The molecule has 0 atom stereocenters. The first kappa shape index (κ1) is 32.4. The Balaban J connectivity index is 1.75. The van der Waals surface area contributed by atoms with Crippen molar-refractivity contribution in [2.45, 2.75) is 27.2 Å². The van der Waals surface area contributed by atoms with Crippen LogP contribution in [0.3, 0.4) is 0 Å². The number of amides is 1. The molecular formula is C36H35F2N3O4S. The van der Waals surface area contributed by atoms with Crippen LogP contribution in [0.4, 0.5) is 20.2 Å². The fourth-order valence-electron chi connectivity index (χ4n) is 5.30. The van der Waals surface area contributed by atoms with Crippen molar-refractivity contribution in [1.82, 2.24) is 5.32 Å². The summed E-state index contributed by atoms with van der Waals surface area (Å²) in [6.07, 6.45) is 1.86. The van der Waals surface area contributed by atoms with Crippen LogP contribution in [-0.2, 0) is 10.0 Å². The van der Waals surface area contributed by atoms with Crippen molar-refractivity contribution in [3.8, 4) is 22.5 Å². The van der Waals surface area contributed by atoms with E-state index in [1.54, 1.807) is 18.2 Å². The van der Waals surface area contributed by atoms with Gasteiger partial charge in [-0.05, 0) is 97.1 Å². The average Bonchev–Trinajstić information content (AvgIpc) is 3.41. The molecule has 5 aromatic rings. The number of nitrogens with one attached hydrogen (secondary N) is 2. The van der Waals surface area contributed by atoms with E-state index in [9.17, 15) is 22.0 Å². The summed E-state index contributed by atoms with van der Waals surface area (Å²) in [6.45, 7) is 5.89. The van der Waals surface area contributed by atoms with Gasteiger partial charge in [-0.1, -0.05) is 25.1 Å². The second-order valence-electron chi connectivity index (χ2n) is 11.2. The molecule has 5 rings (SSSR count). The normalized spacial score (nSPS) is 12.2. The molecule has 0 aliphatic heterocycles. The molecule has 1 amide bonds. The summed E-state index contributed by atoms with van der Waals surface area (Å²) in [4.78, 5) is 13.3. The van der Waals surface area contributed by atoms with E-state index in [1.807, 2.05) is 45.0 Å². The second-order valence-corrected chi connectivity index (χ2v) is 13.2. The van der Waals surface area contributed by atoms with Crippen molar-refractivity contribution in [2.24, 2.45) is 0 Å². The highest BCUT2D eigenvalue weighted by molar-refractivity contribution is 7.92. The molecule has 0 fully saturated rings. The Morgan fingerprint density at radius 2 is 1.63 bits per heavy atom. The van der Waals surface area contributed by atoms with E-state index in [0.29, 0.717) is 33.3 Å². The number of nitrogens with zero attached hydrogens (tertiary/aromatic N) is 1. The van der Waals surface area contributed by atoms with Gasteiger partial charge in [-0.2, -0.15) is 0 Å². The molecule has 10 heteroatoms. The minimum absolute atomic E-state index is 0.232. The summed E-state index contributed by atoms with van der Waals surface area (Å²) in [7, 11) is -0.748. The maximum atomic E-state index is 13.9. The van der Waals surface area contributed by atoms with E-state index in [4.69, 9.17) is 4.42 Å². The van der Waals surface area contributed by atoms with Gasteiger partial charge in [-0.25, -0.2) is 17.2 Å². The molecule has 238 valence electrons. The van der Waals surface area contributed by atoms with Gasteiger partial charge in [0.05, 0.1) is 17.5 Å². The first-order valence-electron chi connectivity index (χ1n) is 14.7. The third-order valence-electron chi connectivity index (χ3n) is 8.07. The lowest BCUT2D eigenvalue weighted by Gasteiger charge is -2.22. The number of carbonyl (C=O) groups excluding carboxylic acids is 1. The van der Waals surface area contributed by atoms with Crippen molar-refractivity contribution in [1.29, 1.82) is 0 Å². The molecule has 1 heterocycles. The lowest BCUT2D eigenvalue weighted by molar-refractivity contribution is 0.0964. The number of rotatable bonds is 9. The molecule has 2 N–H and O–H groups in total. The van der Waals surface area contributed by atoms with E-state index in [1.165, 1.54) is 54.8 Å². The van der Waals surface area contributed by atoms with Gasteiger partial charge in [0.1, 0.15) is 23.0 Å². The van der Waals surface area contributed by atoms with Crippen LogP contribution in [0.15, 0.2) is 88.9 Å². The van der Waals surface area contributed by atoms with Crippen LogP contribution >= 0.6 is 0 Å². The largest absolute Gasteiger partial charge is 0.455 e. The number of hydrogen-bond acceptors (Lipinski definition) is 5. The highest BCUT2D eigenvalue weighted by atomic mass is 32.2. The number of allylic oxidation sites excluding steroid dienone is 1. The van der Waals surface area contributed by atoms with Crippen LogP contribution in [0.5, 0.6) is 0 Å². The van der Waals surface area contributed by atoms with Gasteiger partial charge >= 0.3 is 0 Å². The summed E-state index contributed by atoms with van der Waals surface area (Å²) < 4.78 is 60.7. The van der Waals surface area contributed by atoms with Gasteiger partial charge in [-0.3, -0.25) is 9.10 Å². The Hall–Kier alpha value is -4.96. The minimum Gasteiger partial charge on any atom is -0.455 e. The molecule has 1 aromatic heterocycles. The molecule has 0 bridgehead atoms. The molecule has 0 spiro atoms. The number of hydrogen-bond donors (Lipinski definition) is 2. The van der Waals surface area contributed by atoms with Crippen LogP contribution in [0.1, 0.15) is 41.8 Å². The molecule has 0 unspecified atom stereocenters. The average molecular weight is 644 g/mol. The summed E-state index contributed by atoms with van der Waals surface area (Å²) in [6, 6.07) is 21.2. The molecule has 0 saturated heterocycles. The molecular weight excluding hydrogens is 608 g/mol. The van der Waals surface area contributed by atoms with Crippen molar-refractivity contribution >= 4 is 44.0 Å². The third-order valence-corrected chi connectivity index (χ3v) is 9.26. The topological polar surface area (TPSA) is 91.7 Å². The molecule has 46 heavy (non-hydrogen) atoms. The Labute approximate surface area is 267 Å². The smallest absolute Gasteiger partial charge is 0.255 e. The van der Waals surface area contributed by atoms with E-state index in [-0.39, 0.29) is 17.1 Å². The molecule has 0 aliphatic rings. The maximum Gasteiger partial charge on any atom is 0.255 e. The van der Waals surface area contributed by atoms with Crippen molar-refractivity contribution in [3.05, 3.63) is 113 Å². The van der Waals surface area contributed by atoms with Gasteiger partial charge in [0.25, 0.3) is 5.91 Å². The number of sulfonamides is 1. The number of fused-ring (bicyclic) bond motifs is 1. The van der Waals surface area contributed by atoms with E-state index >= 15 is 0 Å². The van der Waals surface area contributed by atoms with Crippen molar-refractivity contribution in [3.63, 3.8) is 0 Å². The van der Waals surface area contributed by atoms with Crippen molar-refractivity contribution < 1.29 is 26.4 Å². The summed E-state index contributed by atoms with van der Waals surface area (Å²) >= 11 is 0. The van der Waals surface area contributed by atoms with E-state index in [2.05, 4.69) is 10.6 Å². The summed E-state index contributed by atoms with van der Waals surface area (Å²) in [5.41, 5.74) is 6.84. The van der Waals surface area contributed by atoms with E-state index in [0.717, 1.165) is 40.8 Å². The van der Waals surface area contributed by atoms with Crippen LogP contribution in [0.25, 0.3) is 39.1 Å². The minimum atomic E-state index is -3.71. The van der Waals surface area contributed by atoms with Gasteiger partial charge in [-0.15, -0.1) is 0 Å². The third kappa shape index (κ3) is 6.39. The predicted molar refractivity (Wildman–Crippen MR) is 181 cm³/mol. The Bertz CT molecular complexity index is 2100.